The number of nitrogens with two attached hydrogens (primary N) is 1. The topological polar surface area (TPSA) is 77.5 Å². The zero-order valence-electron chi connectivity index (χ0n) is 6.65. The van der Waals surface area contributed by atoms with Gasteiger partial charge in [-0.2, -0.15) is 0 Å². The number of furan rings is 1. The third-order valence-electron chi connectivity index (χ3n) is 1.15. The van der Waals surface area contributed by atoms with Gasteiger partial charge in [-0.15, -0.1) is 0 Å². The molecule has 0 saturated heterocycles. The molecule has 0 aliphatic heterocycles. The molecule has 1 aromatic heterocycles. The van der Waals surface area contributed by atoms with Crippen LogP contribution in [0.3, 0.4) is 0 Å². The molecule has 70 valence electrons. The second kappa shape index (κ2) is 4.46. The molecule has 0 spiro atoms. The van der Waals surface area contributed by atoms with Crippen LogP contribution in [0, 0.1) is 0 Å². The fourth-order valence-electron chi connectivity index (χ4n) is 0.668. The number of hydrogen-bond acceptors (Lipinski definition) is 4. The highest BCUT2D eigenvalue weighted by Crippen LogP contribution is 2.01. The van der Waals surface area contributed by atoms with Crippen molar-refractivity contribution < 1.29 is 13.9 Å². The Balaban J connectivity index is 2.27. The number of alkyl carbamates (subject to hydrolysis) is 1. The smallest absolute Gasteiger partial charge is 0.413 e. The van der Waals surface area contributed by atoms with Crippen molar-refractivity contribution in [2.24, 2.45) is 5.73 Å². The molecule has 0 aliphatic rings. The Hall–Kier alpha value is -1.56. The number of carbonyl (C=O) groups is 1. The number of rotatable bonds is 2. The number of nitrogens with one attached hydrogen (secondary N) is 1. The Bertz CT molecular complexity index is 297. The van der Waals surface area contributed by atoms with Crippen LogP contribution >= 0.6 is 12.2 Å². The summed E-state index contributed by atoms with van der Waals surface area (Å²) in [5.74, 6) is 0.554. The minimum absolute atomic E-state index is 0.0570. The first-order valence-corrected chi connectivity index (χ1v) is 3.85. The van der Waals surface area contributed by atoms with Crippen molar-refractivity contribution in [1.82, 2.24) is 5.32 Å². The molecule has 0 saturated carbocycles. The average Bonchev–Trinajstić information content (AvgIpc) is 2.51. The summed E-state index contributed by atoms with van der Waals surface area (Å²) in [6, 6.07) is 3.39. The van der Waals surface area contributed by atoms with Gasteiger partial charge in [0.25, 0.3) is 0 Å². The van der Waals surface area contributed by atoms with E-state index in [1.165, 1.54) is 6.26 Å². The number of carbonyl (C=O) groups excluding carboxylic acids is 1. The summed E-state index contributed by atoms with van der Waals surface area (Å²) < 4.78 is 9.61. The van der Waals surface area contributed by atoms with E-state index in [1.807, 2.05) is 0 Å². The Kier molecular flexibility index (Phi) is 3.27. The van der Waals surface area contributed by atoms with Crippen molar-refractivity contribution in [2.45, 2.75) is 6.61 Å². The monoisotopic (exact) mass is 200 g/mol. The minimum atomic E-state index is -0.691. The molecule has 5 nitrogen and oxygen atoms in total. The van der Waals surface area contributed by atoms with Gasteiger partial charge in [0.15, 0.2) is 11.7 Å². The van der Waals surface area contributed by atoms with E-state index in [4.69, 9.17) is 10.2 Å². The van der Waals surface area contributed by atoms with E-state index in [1.54, 1.807) is 12.1 Å². The van der Waals surface area contributed by atoms with E-state index < -0.39 is 6.09 Å². The fraction of sp³-hybridized carbons (Fsp3) is 0.143. The van der Waals surface area contributed by atoms with E-state index in [-0.39, 0.29) is 11.7 Å². The maximum Gasteiger partial charge on any atom is 0.413 e. The second-order valence-electron chi connectivity index (χ2n) is 2.14. The molecule has 0 aromatic carbocycles. The van der Waals surface area contributed by atoms with Crippen LogP contribution in [-0.4, -0.2) is 11.2 Å². The van der Waals surface area contributed by atoms with Crippen molar-refractivity contribution in [3.63, 3.8) is 0 Å². The van der Waals surface area contributed by atoms with E-state index in [2.05, 4.69) is 22.3 Å². The van der Waals surface area contributed by atoms with Crippen molar-refractivity contribution in [1.29, 1.82) is 0 Å². The number of ether oxygens (including phenoxy) is 1. The van der Waals surface area contributed by atoms with Crippen LogP contribution in [0.1, 0.15) is 5.76 Å². The van der Waals surface area contributed by atoms with Gasteiger partial charge in [-0.1, -0.05) is 0 Å². The number of amides is 1. The molecule has 0 unspecified atom stereocenters. The van der Waals surface area contributed by atoms with Crippen LogP contribution in [0.5, 0.6) is 0 Å². The lowest BCUT2D eigenvalue weighted by molar-refractivity contribution is 0.136. The fourth-order valence-corrected chi connectivity index (χ4v) is 0.751. The van der Waals surface area contributed by atoms with Crippen LogP contribution < -0.4 is 11.1 Å². The van der Waals surface area contributed by atoms with Crippen LogP contribution in [-0.2, 0) is 11.3 Å². The average molecular weight is 200 g/mol. The standard InChI is InChI=1S/C7H8N2O3S/c8-6(13)9-7(10)12-4-5-2-1-3-11-5/h1-3H,4H2,(H3,8,9,10,13). The molecular weight excluding hydrogens is 192 g/mol. The highest BCUT2D eigenvalue weighted by atomic mass is 32.1. The lowest BCUT2D eigenvalue weighted by Crippen LogP contribution is -2.35. The Morgan fingerprint density at radius 1 is 1.77 bits per heavy atom. The molecule has 1 rings (SSSR count). The quantitative estimate of drug-likeness (QED) is 0.689. The first-order chi connectivity index (χ1) is 6.18. The lowest BCUT2D eigenvalue weighted by Gasteiger charge is -2.02. The van der Waals surface area contributed by atoms with Crippen molar-refractivity contribution in [3.05, 3.63) is 24.2 Å². The van der Waals surface area contributed by atoms with Crippen molar-refractivity contribution in [2.75, 3.05) is 0 Å². The van der Waals surface area contributed by atoms with E-state index in [0.29, 0.717) is 5.76 Å². The zero-order chi connectivity index (χ0) is 9.68. The summed E-state index contributed by atoms with van der Waals surface area (Å²) in [6.45, 7) is 0.0570. The van der Waals surface area contributed by atoms with Crippen LogP contribution in [0.25, 0.3) is 0 Å². The Morgan fingerprint density at radius 2 is 2.54 bits per heavy atom. The predicted octanol–water partition coefficient (Wildman–Crippen LogP) is 0.749. The number of thiocarbonyl (C=S) groups is 1. The van der Waals surface area contributed by atoms with E-state index in [9.17, 15) is 4.79 Å². The molecule has 13 heavy (non-hydrogen) atoms. The predicted molar refractivity (Wildman–Crippen MR) is 48.8 cm³/mol. The van der Waals surface area contributed by atoms with Gasteiger partial charge >= 0.3 is 6.09 Å². The van der Waals surface area contributed by atoms with Crippen LogP contribution in [0.2, 0.25) is 0 Å². The molecule has 0 radical (unpaired) electrons. The Morgan fingerprint density at radius 3 is 3.08 bits per heavy atom. The zero-order valence-corrected chi connectivity index (χ0v) is 7.47. The molecule has 3 N–H and O–H groups in total. The first kappa shape index (κ1) is 9.53. The van der Waals surface area contributed by atoms with Crippen LogP contribution in [0.4, 0.5) is 4.79 Å². The second-order valence-corrected chi connectivity index (χ2v) is 2.58. The van der Waals surface area contributed by atoms with Gasteiger partial charge in [0.05, 0.1) is 6.26 Å². The molecule has 1 aromatic rings. The Labute approximate surface area is 79.8 Å². The maximum absolute atomic E-state index is 10.8. The van der Waals surface area contributed by atoms with Crippen LogP contribution in [0.15, 0.2) is 22.8 Å². The molecule has 1 heterocycles. The highest BCUT2D eigenvalue weighted by Gasteiger charge is 2.03. The summed E-state index contributed by atoms with van der Waals surface area (Å²) in [7, 11) is 0. The van der Waals surface area contributed by atoms with Gasteiger partial charge < -0.3 is 14.9 Å². The molecule has 6 heteroatoms. The molecule has 0 atom stereocenters. The normalized spacial score (nSPS) is 9.23. The number of hydrogen-bond donors (Lipinski definition) is 2. The summed E-state index contributed by atoms with van der Waals surface area (Å²) in [5, 5.41) is 1.99. The highest BCUT2D eigenvalue weighted by molar-refractivity contribution is 7.80. The summed E-state index contributed by atoms with van der Waals surface area (Å²) in [4.78, 5) is 10.8. The van der Waals surface area contributed by atoms with Gasteiger partial charge in [-0.05, 0) is 24.4 Å². The minimum Gasteiger partial charge on any atom is -0.466 e. The molecule has 0 fully saturated rings. The van der Waals surface area contributed by atoms with E-state index in [0.717, 1.165) is 0 Å². The van der Waals surface area contributed by atoms with Crippen molar-refractivity contribution >= 4 is 23.4 Å². The largest absolute Gasteiger partial charge is 0.466 e. The molecular formula is C7H8N2O3S. The lowest BCUT2D eigenvalue weighted by atomic mass is 10.5. The molecule has 0 aliphatic carbocycles. The molecule has 1 amide bonds. The van der Waals surface area contributed by atoms with Gasteiger partial charge in [0.1, 0.15) is 5.76 Å². The van der Waals surface area contributed by atoms with Gasteiger partial charge in [-0.3, -0.25) is 5.32 Å². The van der Waals surface area contributed by atoms with Gasteiger partial charge in [0, 0.05) is 0 Å². The maximum atomic E-state index is 10.8. The van der Waals surface area contributed by atoms with E-state index >= 15 is 0 Å². The summed E-state index contributed by atoms with van der Waals surface area (Å²) in [6.07, 6.45) is 0.799. The third kappa shape index (κ3) is 3.57. The third-order valence-corrected chi connectivity index (χ3v) is 1.25. The van der Waals surface area contributed by atoms with Crippen molar-refractivity contribution in [3.8, 4) is 0 Å². The van der Waals surface area contributed by atoms with Gasteiger partial charge in [0.2, 0.25) is 0 Å². The SMILES string of the molecule is NC(=S)NC(=O)OCc1ccco1. The summed E-state index contributed by atoms with van der Waals surface area (Å²) in [5.41, 5.74) is 5.04. The summed E-state index contributed by atoms with van der Waals surface area (Å²) >= 11 is 4.43. The molecule has 0 bridgehead atoms. The van der Waals surface area contributed by atoms with Gasteiger partial charge in [-0.25, -0.2) is 4.79 Å². The first-order valence-electron chi connectivity index (χ1n) is 3.44.